The van der Waals surface area contributed by atoms with Crippen LogP contribution in [0.5, 0.6) is 0 Å². The molecule has 7 heteroatoms. The molecule has 0 unspecified atom stereocenters. The number of carbonyl (C=O) groups is 1. The predicted molar refractivity (Wildman–Crippen MR) is 95.9 cm³/mol. The Morgan fingerprint density at radius 1 is 1.16 bits per heavy atom. The number of aryl methyl sites for hydroxylation is 1. The molecule has 1 amide bonds. The van der Waals surface area contributed by atoms with E-state index in [1.807, 2.05) is 42.1 Å². The van der Waals surface area contributed by atoms with E-state index in [0.29, 0.717) is 24.2 Å². The number of nitrogens with zero attached hydrogens (tertiary/aromatic N) is 4. The number of H-pyrrole nitrogens is 1. The van der Waals surface area contributed by atoms with E-state index in [0.717, 1.165) is 24.4 Å². The van der Waals surface area contributed by atoms with Gasteiger partial charge in [0.15, 0.2) is 0 Å². The highest BCUT2D eigenvalue weighted by molar-refractivity contribution is 6.06. The summed E-state index contributed by atoms with van der Waals surface area (Å²) in [6.45, 7) is 2.65. The van der Waals surface area contributed by atoms with Gasteiger partial charge in [-0.25, -0.2) is 4.98 Å². The SMILES string of the molecule is Cn1ccnc1N1CCN(C(=O)c2cc(=O)[nH]c3ccccc23)CC1. The molecule has 1 aliphatic heterocycles. The van der Waals surface area contributed by atoms with Gasteiger partial charge in [-0.3, -0.25) is 9.59 Å². The summed E-state index contributed by atoms with van der Waals surface area (Å²) in [6.07, 6.45) is 3.69. The maximum absolute atomic E-state index is 13.0. The van der Waals surface area contributed by atoms with Crippen molar-refractivity contribution < 1.29 is 4.79 Å². The standard InChI is InChI=1S/C18H19N5O2/c1-21-7-6-19-18(21)23-10-8-22(9-11-23)17(25)14-12-16(24)20-15-5-3-2-4-13(14)15/h2-7,12H,8-11H2,1H3,(H,20,24). The minimum Gasteiger partial charge on any atom is -0.339 e. The fourth-order valence-corrected chi connectivity index (χ4v) is 3.32. The number of hydrogen-bond acceptors (Lipinski definition) is 4. The number of benzene rings is 1. The van der Waals surface area contributed by atoms with Crippen molar-refractivity contribution in [3.63, 3.8) is 0 Å². The number of piperazine rings is 1. The molecule has 1 fully saturated rings. The van der Waals surface area contributed by atoms with Crippen LogP contribution in [0.4, 0.5) is 5.95 Å². The molecule has 0 atom stereocenters. The van der Waals surface area contributed by atoms with Crippen molar-refractivity contribution in [2.24, 2.45) is 7.05 Å². The quantitative estimate of drug-likeness (QED) is 0.763. The second-order valence-corrected chi connectivity index (χ2v) is 6.21. The Balaban J connectivity index is 1.57. The van der Waals surface area contributed by atoms with E-state index in [2.05, 4.69) is 14.9 Å². The number of nitrogens with one attached hydrogen (secondary N) is 1. The Kier molecular flexibility index (Phi) is 3.76. The molecule has 0 radical (unpaired) electrons. The first-order valence-electron chi connectivity index (χ1n) is 8.27. The maximum Gasteiger partial charge on any atom is 0.254 e. The molecule has 1 N–H and O–H groups in total. The number of para-hydroxylation sites is 1. The fourth-order valence-electron chi connectivity index (χ4n) is 3.32. The van der Waals surface area contributed by atoms with Crippen molar-refractivity contribution >= 4 is 22.8 Å². The summed E-state index contributed by atoms with van der Waals surface area (Å²) in [6, 6.07) is 8.79. The van der Waals surface area contributed by atoms with Gasteiger partial charge in [0.2, 0.25) is 11.5 Å². The van der Waals surface area contributed by atoms with Crippen LogP contribution in [0.25, 0.3) is 10.9 Å². The van der Waals surface area contributed by atoms with E-state index < -0.39 is 0 Å². The molecule has 3 heterocycles. The molecule has 7 nitrogen and oxygen atoms in total. The lowest BCUT2D eigenvalue weighted by Crippen LogP contribution is -2.49. The molecule has 1 aliphatic rings. The molecule has 25 heavy (non-hydrogen) atoms. The van der Waals surface area contributed by atoms with Crippen LogP contribution in [-0.2, 0) is 7.05 Å². The second kappa shape index (κ2) is 6.08. The fraction of sp³-hybridized carbons (Fsp3) is 0.278. The van der Waals surface area contributed by atoms with Gasteiger partial charge < -0.3 is 19.4 Å². The first-order valence-corrected chi connectivity index (χ1v) is 8.27. The number of rotatable bonds is 2. The molecule has 2 aromatic heterocycles. The number of amides is 1. The molecule has 0 bridgehead atoms. The largest absolute Gasteiger partial charge is 0.339 e. The van der Waals surface area contributed by atoms with Gasteiger partial charge in [0, 0.05) is 62.6 Å². The van der Waals surface area contributed by atoms with Crippen molar-refractivity contribution in [1.82, 2.24) is 19.4 Å². The average Bonchev–Trinajstić information content (AvgIpc) is 3.06. The molecular formula is C18H19N5O2. The van der Waals surface area contributed by atoms with E-state index in [4.69, 9.17) is 0 Å². The average molecular weight is 337 g/mol. The third-order valence-electron chi connectivity index (χ3n) is 4.63. The molecule has 1 saturated heterocycles. The zero-order valence-corrected chi connectivity index (χ0v) is 14.0. The van der Waals surface area contributed by atoms with E-state index >= 15 is 0 Å². The van der Waals surface area contributed by atoms with E-state index in [9.17, 15) is 9.59 Å². The van der Waals surface area contributed by atoms with Crippen molar-refractivity contribution in [2.75, 3.05) is 31.1 Å². The number of fused-ring (bicyclic) bond motifs is 1. The third kappa shape index (κ3) is 2.77. The first-order chi connectivity index (χ1) is 12.1. The molecule has 3 aromatic rings. The number of carbonyl (C=O) groups excluding carboxylic acids is 1. The van der Waals surface area contributed by atoms with E-state index in [-0.39, 0.29) is 11.5 Å². The van der Waals surface area contributed by atoms with E-state index in [1.165, 1.54) is 6.07 Å². The molecule has 1 aromatic carbocycles. The Labute approximate surface area is 144 Å². The summed E-state index contributed by atoms with van der Waals surface area (Å²) < 4.78 is 1.97. The maximum atomic E-state index is 13.0. The first kappa shape index (κ1) is 15.4. The van der Waals surface area contributed by atoms with Crippen LogP contribution in [0.15, 0.2) is 47.5 Å². The van der Waals surface area contributed by atoms with Crippen LogP contribution in [0.1, 0.15) is 10.4 Å². The van der Waals surface area contributed by atoms with Gasteiger partial charge in [0.1, 0.15) is 0 Å². The monoisotopic (exact) mass is 337 g/mol. The van der Waals surface area contributed by atoms with Crippen molar-refractivity contribution in [2.45, 2.75) is 0 Å². The summed E-state index contributed by atoms with van der Waals surface area (Å²) >= 11 is 0. The summed E-state index contributed by atoms with van der Waals surface area (Å²) in [5.74, 6) is 0.815. The Bertz CT molecular complexity index is 982. The summed E-state index contributed by atoms with van der Waals surface area (Å²) in [4.78, 5) is 36.0. The second-order valence-electron chi connectivity index (χ2n) is 6.21. The minimum atomic E-state index is -0.256. The van der Waals surface area contributed by atoms with Crippen LogP contribution >= 0.6 is 0 Å². The molecule has 4 rings (SSSR count). The number of aromatic nitrogens is 3. The normalized spacial score (nSPS) is 14.9. The Morgan fingerprint density at radius 2 is 1.92 bits per heavy atom. The number of anilines is 1. The van der Waals surface area contributed by atoms with Gasteiger partial charge in [-0.2, -0.15) is 0 Å². The lowest BCUT2D eigenvalue weighted by Gasteiger charge is -2.35. The zero-order chi connectivity index (χ0) is 17.4. The number of imidazole rings is 1. The van der Waals surface area contributed by atoms with Crippen molar-refractivity contribution in [1.29, 1.82) is 0 Å². The van der Waals surface area contributed by atoms with Gasteiger partial charge in [-0.05, 0) is 6.07 Å². The van der Waals surface area contributed by atoms with Gasteiger partial charge >= 0.3 is 0 Å². The number of pyridine rings is 1. The highest BCUT2D eigenvalue weighted by Gasteiger charge is 2.25. The van der Waals surface area contributed by atoms with Gasteiger partial charge in [0.25, 0.3) is 5.91 Å². The van der Waals surface area contributed by atoms with Crippen LogP contribution in [-0.4, -0.2) is 51.5 Å². The number of hydrogen-bond donors (Lipinski definition) is 1. The third-order valence-corrected chi connectivity index (χ3v) is 4.63. The van der Waals surface area contributed by atoms with Gasteiger partial charge in [-0.15, -0.1) is 0 Å². The zero-order valence-electron chi connectivity index (χ0n) is 14.0. The molecule has 0 saturated carbocycles. The van der Waals surface area contributed by atoms with Crippen molar-refractivity contribution in [3.8, 4) is 0 Å². The van der Waals surface area contributed by atoms with Crippen LogP contribution in [0, 0.1) is 0 Å². The lowest BCUT2D eigenvalue weighted by molar-refractivity contribution is 0.0748. The van der Waals surface area contributed by atoms with E-state index in [1.54, 1.807) is 11.1 Å². The molecular weight excluding hydrogens is 318 g/mol. The van der Waals surface area contributed by atoms with Crippen LogP contribution in [0.3, 0.4) is 0 Å². The summed E-state index contributed by atoms with van der Waals surface area (Å²) in [5.41, 5.74) is 0.892. The predicted octanol–water partition coefficient (Wildman–Crippen LogP) is 1.22. The van der Waals surface area contributed by atoms with Gasteiger partial charge in [0.05, 0.1) is 5.56 Å². The highest BCUT2D eigenvalue weighted by Crippen LogP contribution is 2.19. The smallest absolute Gasteiger partial charge is 0.254 e. The van der Waals surface area contributed by atoms with Gasteiger partial charge in [-0.1, -0.05) is 18.2 Å². The molecule has 0 aliphatic carbocycles. The van der Waals surface area contributed by atoms with Crippen molar-refractivity contribution in [3.05, 3.63) is 58.6 Å². The van der Waals surface area contributed by atoms with Crippen LogP contribution in [0.2, 0.25) is 0 Å². The topological polar surface area (TPSA) is 74.2 Å². The highest BCUT2D eigenvalue weighted by atomic mass is 16.2. The Morgan fingerprint density at radius 3 is 2.64 bits per heavy atom. The molecule has 128 valence electrons. The minimum absolute atomic E-state index is 0.0956. The summed E-state index contributed by atoms with van der Waals surface area (Å²) in [5, 5.41) is 0.777. The lowest BCUT2D eigenvalue weighted by atomic mass is 10.1. The van der Waals surface area contributed by atoms with Crippen LogP contribution < -0.4 is 10.5 Å². The molecule has 0 spiro atoms. The summed E-state index contributed by atoms with van der Waals surface area (Å²) in [7, 11) is 1.96. The Hall–Kier alpha value is -3.09. The number of aromatic amines is 1.